The van der Waals surface area contributed by atoms with Gasteiger partial charge in [0.25, 0.3) is 0 Å². The van der Waals surface area contributed by atoms with Crippen LogP contribution < -0.4 is 5.32 Å². The predicted molar refractivity (Wildman–Crippen MR) is 140 cm³/mol. The Morgan fingerprint density at radius 2 is 1.50 bits per heavy atom. The van der Waals surface area contributed by atoms with Crippen LogP contribution in [0.1, 0.15) is 40.7 Å². The van der Waals surface area contributed by atoms with Crippen LogP contribution in [0, 0.1) is 6.92 Å². The van der Waals surface area contributed by atoms with Crippen molar-refractivity contribution in [3.05, 3.63) is 94.5 Å². The van der Waals surface area contributed by atoms with Gasteiger partial charge in [-0.1, -0.05) is 42.0 Å². The number of rotatable bonds is 7. The summed E-state index contributed by atoms with van der Waals surface area (Å²) in [5.74, 6) is 0. The highest BCUT2D eigenvalue weighted by atomic mass is 32.2. The summed E-state index contributed by atoms with van der Waals surface area (Å²) < 4.78 is 106. The van der Waals surface area contributed by atoms with E-state index in [1.54, 1.807) is 24.3 Å². The molecule has 0 saturated carbocycles. The Morgan fingerprint density at radius 1 is 0.875 bits per heavy atom. The van der Waals surface area contributed by atoms with E-state index < -0.39 is 33.6 Å². The van der Waals surface area contributed by atoms with Crippen LogP contribution in [0.2, 0.25) is 0 Å². The molecule has 1 aliphatic heterocycles. The fourth-order valence-electron chi connectivity index (χ4n) is 4.24. The SMILES string of the molecule is Cc1ccc(S(=O)(=O)ON(C)CCCc2ccccc2C(F)(F)F)cc1.FC(F)(F)c1cccc2c1CCCN2. The molecule has 12 heteroatoms. The Morgan fingerprint density at radius 3 is 2.15 bits per heavy atom. The van der Waals surface area contributed by atoms with Crippen molar-refractivity contribution in [1.29, 1.82) is 0 Å². The van der Waals surface area contributed by atoms with E-state index in [9.17, 15) is 34.8 Å². The molecular formula is C28H30F6N2O3S. The van der Waals surface area contributed by atoms with E-state index >= 15 is 0 Å². The lowest BCUT2D eigenvalue weighted by Gasteiger charge is -2.21. The molecule has 0 spiro atoms. The number of hydroxylamine groups is 2. The highest BCUT2D eigenvalue weighted by molar-refractivity contribution is 7.86. The third kappa shape index (κ3) is 8.70. The van der Waals surface area contributed by atoms with Crippen LogP contribution in [-0.4, -0.2) is 33.6 Å². The molecule has 1 aliphatic rings. The third-order valence-electron chi connectivity index (χ3n) is 6.18. The quantitative estimate of drug-likeness (QED) is 0.233. The van der Waals surface area contributed by atoms with E-state index in [0.717, 1.165) is 35.7 Å². The molecular weight excluding hydrogens is 558 g/mol. The standard InChI is InChI=1S/C18H20F3NO3S.C10H10F3N/c1-14-9-11-16(12-10-14)26(23,24)25-22(2)13-5-7-15-6-3-4-8-17(15)18(19,20)21;11-10(12,13)8-4-1-5-9-7(8)3-2-6-14-9/h3-4,6,8-12H,5,7,13H2,1-2H3;1,4-5,14H,2-3,6H2. The Balaban J connectivity index is 0.000000263. The lowest BCUT2D eigenvalue weighted by Crippen LogP contribution is -2.25. The number of aryl methyl sites for hydroxylation is 2. The third-order valence-corrected chi connectivity index (χ3v) is 7.48. The number of benzene rings is 3. The van der Waals surface area contributed by atoms with E-state index in [0.29, 0.717) is 24.1 Å². The van der Waals surface area contributed by atoms with Gasteiger partial charge in [-0.25, -0.2) is 0 Å². The maximum atomic E-state index is 13.0. The van der Waals surface area contributed by atoms with Crippen molar-refractivity contribution in [2.24, 2.45) is 0 Å². The van der Waals surface area contributed by atoms with Crippen LogP contribution in [-0.2, 0) is 39.6 Å². The lowest BCUT2D eigenvalue weighted by atomic mass is 9.97. The zero-order valence-electron chi connectivity index (χ0n) is 21.9. The molecule has 4 rings (SSSR count). The summed E-state index contributed by atoms with van der Waals surface area (Å²) >= 11 is 0. The normalized spacial score (nSPS) is 13.7. The number of fused-ring (bicyclic) bond motifs is 1. The Labute approximate surface area is 229 Å². The van der Waals surface area contributed by atoms with Gasteiger partial charge >= 0.3 is 22.5 Å². The molecule has 5 nitrogen and oxygen atoms in total. The molecule has 3 aromatic rings. The summed E-state index contributed by atoms with van der Waals surface area (Å²) in [4.78, 5) is 0.0253. The summed E-state index contributed by atoms with van der Waals surface area (Å²) in [7, 11) is -2.52. The average molecular weight is 589 g/mol. The fraction of sp³-hybridized carbons (Fsp3) is 0.357. The van der Waals surface area contributed by atoms with Crippen molar-refractivity contribution < 1.29 is 39.0 Å². The summed E-state index contributed by atoms with van der Waals surface area (Å²) in [6.07, 6.45) is -6.89. The summed E-state index contributed by atoms with van der Waals surface area (Å²) in [6, 6.07) is 15.8. The van der Waals surface area contributed by atoms with Crippen LogP contribution in [0.25, 0.3) is 0 Å². The van der Waals surface area contributed by atoms with Crippen molar-refractivity contribution >= 4 is 15.8 Å². The minimum atomic E-state index is -4.41. The summed E-state index contributed by atoms with van der Waals surface area (Å²) in [5, 5.41) is 4.09. The zero-order chi connectivity index (χ0) is 29.6. The van der Waals surface area contributed by atoms with Crippen LogP contribution in [0.15, 0.2) is 71.6 Å². The van der Waals surface area contributed by atoms with Gasteiger partial charge in [-0.05, 0) is 74.1 Å². The van der Waals surface area contributed by atoms with Crippen LogP contribution >= 0.6 is 0 Å². The first-order chi connectivity index (χ1) is 18.7. The molecule has 0 atom stereocenters. The smallest absolute Gasteiger partial charge is 0.385 e. The van der Waals surface area contributed by atoms with Crippen molar-refractivity contribution in [2.75, 3.05) is 25.5 Å². The molecule has 1 N–H and O–H groups in total. The second-order valence-corrected chi connectivity index (χ2v) is 10.8. The fourth-order valence-corrected chi connectivity index (χ4v) is 5.20. The Kier molecular flexibility index (Phi) is 10.3. The number of hydrogen-bond donors (Lipinski definition) is 1. The van der Waals surface area contributed by atoms with Crippen molar-refractivity contribution in [3.63, 3.8) is 0 Å². The first kappa shape index (κ1) is 31.4. The molecule has 1 heterocycles. The molecule has 0 aliphatic carbocycles. The van der Waals surface area contributed by atoms with Crippen molar-refractivity contribution in [1.82, 2.24) is 5.06 Å². The van der Waals surface area contributed by atoms with Gasteiger partial charge in [0, 0.05) is 25.8 Å². The topological polar surface area (TPSA) is 58.6 Å². The minimum Gasteiger partial charge on any atom is -0.385 e. The second kappa shape index (κ2) is 13.0. The van der Waals surface area contributed by atoms with Crippen LogP contribution in [0.4, 0.5) is 32.0 Å². The summed E-state index contributed by atoms with van der Waals surface area (Å²) in [6.45, 7) is 2.76. The van der Waals surface area contributed by atoms with Gasteiger partial charge in [0.15, 0.2) is 0 Å². The second-order valence-electron chi connectivity index (χ2n) is 9.31. The maximum absolute atomic E-state index is 13.0. The predicted octanol–water partition coefficient (Wildman–Crippen LogP) is 7.26. The highest BCUT2D eigenvalue weighted by Crippen LogP contribution is 2.37. The summed E-state index contributed by atoms with van der Waals surface area (Å²) in [5.41, 5.74) is 0.964. The highest BCUT2D eigenvalue weighted by Gasteiger charge is 2.34. The van der Waals surface area contributed by atoms with Crippen LogP contribution in [0.3, 0.4) is 0 Å². The van der Waals surface area contributed by atoms with Gasteiger partial charge in [-0.15, -0.1) is 0 Å². The monoisotopic (exact) mass is 588 g/mol. The number of alkyl halides is 6. The van der Waals surface area contributed by atoms with E-state index in [2.05, 4.69) is 5.32 Å². The average Bonchev–Trinajstić information content (AvgIpc) is 2.88. The van der Waals surface area contributed by atoms with E-state index in [1.807, 2.05) is 6.92 Å². The maximum Gasteiger partial charge on any atom is 0.416 e. The molecule has 0 amide bonds. The first-order valence-electron chi connectivity index (χ1n) is 12.5. The van der Waals surface area contributed by atoms with Gasteiger partial charge in [-0.3, -0.25) is 0 Å². The first-order valence-corrected chi connectivity index (χ1v) is 13.9. The molecule has 0 bridgehead atoms. The molecule has 218 valence electrons. The molecule has 40 heavy (non-hydrogen) atoms. The molecule has 0 fully saturated rings. The molecule has 0 saturated heterocycles. The van der Waals surface area contributed by atoms with Crippen LogP contribution in [0.5, 0.6) is 0 Å². The molecule has 3 aromatic carbocycles. The van der Waals surface area contributed by atoms with Gasteiger partial charge in [-0.2, -0.15) is 44.1 Å². The Hall–Kier alpha value is -3.09. The van der Waals surface area contributed by atoms with Crippen molar-refractivity contribution in [2.45, 2.75) is 49.9 Å². The van der Waals surface area contributed by atoms with Gasteiger partial charge in [0.05, 0.1) is 16.0 Å². The number of hydrogen-bond acceptors (Lipinski definition) is 5. The van der Waals surface area contributed by atoms with Gasteiger partial charge in [0.1, 0.15) is 0 Å². The number of nitrogens with one attached hydrogen (secondary N) is 1. The molecule has 0 unspecified atom stereocenters. The molecule has 0 radical (unpaired) electrons. The number of nitrogens with zero attached hydrogens (tertiary/aromatic N) is 1. The largest absolute Gasteiger partial charge is 0.416 e. The van der Waals surface area contributed by atoms with Gasteiger partial charge in [0.2, 0.25) is 0 Å². The number of anilines is 1. The van der Waals surface area contributed by atoms with Crippen molar-refractivity contribution in [3.8, 4) is 0 Å². The zero-order valence-corrected chi connectivity index (χ0v) is 22.8. The molecule has 0 aromatic heterocycles. The van der Waals surface area contributed by atoms with E-state index in [1.165, 1.54) is 37.4 Å². The van der Waals surface area contributed by atoms with E-state index in [4.69, 9.17) is 4.28 Å². The minimum absolute atomic E-state index is 0.0253. The van der Waals surface area contributed by atoms with E-state index in [-0.39, 0.29) is 23.4 Å². The number of halogens is 6. The Bertz CT molecular complexity index is 1370. The van der Waals surface area contributed by atoms with Gasteiger partial charge < -0.3 is 5.32 Å². The lowest BCUT2D eigenvalue weighted by molar-refractivity contribution is -0.139.